The quantitative estimate of drug-likeness (QED) is 0.254. The molecule has 1 aromatic heterocycles. The maximum atomic E-state index is 13.6. The molecule has 1 aliphatic rings. The van der Waals surface area contributed by atoms with Crippen molar-refractivity contribution in [2.24, 2.45) is 0 Å². The number of hydrogen-bond acceptors (Lipinski definition) is 5. The second kappa shape index (κ2) is 12.9. The molecule has 38 heavy (non-hydrogen) atoms. The maximum Gasteiger partial charge on any atom is 0.273 e. The van der Waals surface area contributed by atoms with Gasteiger partial charge in [0.05, 0.1) is 19.8 Å². The molecular formula is C31H32FN3O2S. The zero-order valence-electron chi connectivity index (χ0n) is 21.3. The molecule has 1 aliphatic heterocycles. The SMILES string of the molecule is O=C(c1csc(CN(CCC(c2ccccc2)c2ccccc2)Cc2ccc(F)cc2)n1)N1CCOCC1. The Labute approximate surface area is 227 Å². The lowest BCUT2D eigenvalue weighted by molar-refractivity contribution is 0.0299. The van der Waals surface area contributed by atoms with E-state index < -0.39 is 0 Å². The summed E-state index contributed by atoms with van der Waals surface area (Å²) < 4.78 is 18.9. The number of rotatable bonds is 10. The largest absolute Gasteiger partial charge is 0.378 e. The Balaban J connectivity index is 1.33. The van der Waals surface area contributed by atoms with Crippen molar-refractivity contribution in [1.29, 1.82) is 0 Å². The Morgan fingerprint density at radius 2 is 1.55 bits per heavy atom. The average molecular weight is 530 g/mol. The first-order valence-corrected chi connectivity index (χ1v) is 13.9. The summed E-state index contributed by atoms with van der Waals surface area (Å²) >= 11 is 1.52. The highest BCUT2D eigenvalue weighted by atomic mass is 32.1. The van der Waals surface area contributed by atoms with E-state index >= 15 is 0 Å². The fourth-order valence-corrected chi connectivity index (χ4v) is 5.68. The summed E-state index contributed by atoms with van der Waals surface area (Å²) in [6.07, 6.45) is 0.917. The number of thiazole rings is 1. The predicted molar refractivity (Wildman–Crippen MR) is 149 cm³/mol. The molecule has 0 N–H and O–H groups in total. The van der Waals surface area contributed by atoms with E-state index in [2.05, 4.69) is 53.4 Å². The third-order valence-electron chi connectivity index (χ3n) is 6.89. The van der Waals surface area contributed by atoms with Crippen LogP contribution in [0.3, 0.4) is 0 Å². The van der Waals surface area contributed by atoms with Crippen molar-refractivity contribution >= 4 is 17.2 Å². The van der Waals surface area contributed by atoms with Crippen LogP contribution in [0.25, 0.3) is 0 Å². The van der Waals surface area contributed by atoms with Crippen molar-refractivity contribution in [1.82, 2.24) is 14.8 Å². The highest BCUT2D eigenvalue weighted by Crippen LogP contribution is 2.29. The van der Waals surface area contributed by atoms with Gasteiger partial charge in [-0.25, -0.2) is 9.37 Å². The van der Waals surface area contributed by atoms with Gasteiger partial charge >= 0.3 is 0 Å². The lowest BCUT2D eigenvalue weighted by atomic mass is 9.88. The number of carbonyl (C=O) groups excluding carboxylic acids is 1. The number of morpholine rings is 1. The smallest absolute Gasteiger partial charge is 0.273 e. The third kappa shape index (κ3) is 6.92. The molecule has 3 aromatic carbocycles. The fraction of sp³-hybridized carbons (Fsp3) is 0.290. The molecule has 1 fully saturated rings. The number of aromatic nitrogens is 1. The van der Waals surface area contributed by atoms with E-state index in [-0.39, 0.29) is 17.6 Å². The molecule has 0 unspecified atom stereocenters. The molecule has 5 nitrogen and oxygen atoms in total. The van der Waals surface area contributed by atoms with E-state index in [0.29, 0.717) is 45.1 Å². The summed E-state index contributed by atoms with van der Waals surface area (Å²) in [6, 6.07) is 27.9. The highest BCUT2D eigenvalue weighted by molar-refractivity contribution is 7.09. The van der Waals surface area contributed by atoms with Gasteiger partial charge in [0.2, 0.25) is 0 Å². The molecule has 0 saturated carbocycles. The standard InChI is InChI=1S/C31H32FN3O2S/c32-27-13-11-24(12-14-27)21-34(22-30-33-29(23-38-30)31(36)35-17-19-37-20-18-35)16-15-28(25-7-3-1-4-8-25)26-9-5-2-6-10-26/h1-14,23,28H,15-22H2. The molecular weight excluding hydrogens is 497 g/mol. The Kier molecular flexibility index (Phi) is 8.91. The second-order valence-corrected chi connectivity index (χ2v) is 10.5. The van der Waals surface area contributed by atoms with Crippen LogP contribution in [0.4, 0.5) is 4.39 Å². The predicted octanol–water partition coefficient (Wildman–Crippen LogP) is 5.98. The topological polar surface area (TPSA) is 45.7 Å². The average Bonchev–Trinajstić information content (AvgIpc) is 3.44. The van der Waals surface area contributed by atoms with Crippen LogP contribution in [0.1, 0.15) is 44.5 Å². The van der Waals surface area contributed by atoms with Gasteiger partial charge in [0.25, 0.3) is 5.91 Å². The zero-order valence-corrected chi connectivity index (χ0v) is 22.2. The number of benzene rings is 3. The minimum Gasteiger partial charge on any atom is -0.378 e. The molecule has 0 bridgehead atoms. The lowest BCUT2D eigenvalue weighted by Gasteiger charge is -2.26. The first-order chi connectivity index (χ1) is 18.7. The summed E-state index contributed by atoms with van der Waals surface area (Å²) in [5, 5.41) is 2.76. The summed E-state index contributed by atoms with van der Waals surface area (Å²) in [6.45, 7) is 4.44. The highest BCUT2D eigenvalue weighted by Gasteiger charge is 2.22. The van der Waals surface area contributed by atoms with Gasteiger partial charge in [-0.2, -0.15) is 0 Å². The van der Waals surface area contributed by atoms with Crippen molar-refractivity contribution in [2.75, 3.05) is 32.8 Å². The van der Waals surface area contributed by atoms with Gasteiger partial charge in [0.1, 0.15) is 16.5 Å². The minimum atomic E-state index is -0.236. The third-order valence-corrected chi connectivity index (χ3v) is 7.72. The van der Waals surface area contributed by atoms with E-state index in [1.165, 1.54) is 34.6 Å². The van der Waals surface area contributed by atoms with E-state index in [9.17, 15) is 9.18 Å². The molecule has 0 atom stereocenters. The molecule has 2 heterocycles. The molecule has 0 aliphatic carbocycles. The van der Waals surface area contributed by atoms with Gasteiger partial charge in [0, 0.05) is 30.9 Å². The van der Waals surface area contributed by atoms with E-state index in [4.69, 9.17) is 9.72 Å². The second-order valence-electron chi connectivity index (χ2n) is 9.53. The van der Waals surface area contributed by atoms with Crippen molar-refractivity contribution < 1.29 is 13.9 Å². The van der Waals surface area contributed by atoms with Crippen LogP contribution in [-0.2, 0) is 17.8 Å². The molecule has 196 valence electrons. The van der Waals surface area contributed by atoms with Crippen molar-refractivity contribution in [3.8, 4) is 0 Å². The van der Waals surface area contributed by atoms with E-state index in [0.717, 1.165) is 23.5 Å². The minimum absolute atomic E-state index is 0.0332. The lowest BCUT2D eigenvalue weighted by Crippen LogP contribution is -2.40. The summed E-state index contributed by atoms with van der Waals surface area (Å²) in [7, 11) is 0. The van der Waals surface area contributed by atoms with Gasteiger partial charge in [0.15, 0.2) is 0 Å². The number of ether oxygens (including phenoxy) is 1. The van der Waals surface area contributed by atoms with Crippen LogP contribution in [0.5, 0.6) is 0 Å². The van der Waals surface area contributed by atoms with E-state index in [1.807, 2.05) is 34.5 Å². The number of nitrogens with zero attached hydrogens (tertiary/aromatic N) is 3. The Hall–Kier alpha value is -3.39. The van der Waals surface area contributed by atoms with Crippen LogP contribution in [0.15, 0.2) is 90.3 Å². The number of amides is 1. The van der Waals surface area contributed by atoms with Crippen LogP contribution in [-0.4, -0.2) is 53.5 Å². The van der Waals surface area contributed by atoms with E-state index in [1.54, 1.807) is 0 Å². The summed E-state index contributed by atoms with van der Waals surface area (Å²) in [5.74, 6) is -0.0170. The fourth-order valence-electron chi connectivity index (χ4n) is 4.87. The first kappa shape index (κ1) is 26.2. The van der Waals surface area contributed by atoms with Crippen LogP contribution in [0, 0.1) is 5.82 Å². The molecule has 1 saturated heterocycles. The Morgan fingerprint density at radius 1 is 0.921 bits per heavy atom. The number of carbonyl (C=O) groups is 1. The number of hydrogen-bond donors (Lipinski definition) is 0. The summed E-state index contributed by atoms with van der Waals surface area (Å²) in [5.41, 5.74) is 4.12. The van der Waals surface area contributed by atoms with Gasteiger partial charge in [-0.05, 0) is 41.8 Å². The van der Waals surface area contributed by atoms with Crippen LogP contribution in [0.2, 0.25) is 0 Å². The Bertz CT molecular complexity index is 1250. The normalized spacial score (nSPS) is 13.8. The van der Waals surface area contributed by atoms with Crippen LogP contribution < -0.4 is 0 Å². The molecule has 0 spiro atoms. The van der Waals surface area contributed by atoms with Crippen molar-refractivity contribution in [2.45, 2.75) is 25.4 Å². The number of halogens is 1. The van der Waals surface area contributed by atoms with Gasteiger partial charge < -0.3 is 9.64 Å². The van der Waals surface area contributed by atoms with Crippen molar-refractivity contribution in [3.63, 3.8) is 0 Å². The molecule has 4 aromatic rings. The summed E-state index contributed by atoms with van der Waals surface area (Å²) in [4.78, 5) is 21.8. The molecule has 1 amide bonds. The van der Waals surface area contributed by atoms with Gasteiger partial charge in [-0.3, -0.25) is 9.69 Å². The Morgan fingerprint density at radius 3 is 2.18 bits per heavy atom. The van der Waals surface area contributed by atoms with Crippen LogP contribution >= 0.6 is 11.3 Å². The maximum absolute atomic E-state index is 13.6. The van der Waals surface area contributed by atoms with Gasteiger partial charge in [-0.1, -0.05) is 72.8 Å². The molecule has 7 heteroatoms. The van der Waals surface area contributed by atoms with Gasteiger partial charge in [-0.15, -0.1) is 11.3 Å². The molecule has 0 radical (unpaired) electrons. The molecule has 5 rings (SSSR count). The zero-order chi connectivity index (χ0) is 26.2. The monoisotopic (exact) mass is 529 g/mol. The first-order valence-electron chi connectivity index (χ1n) is 13.0. The van der Waals surface area contributed by atoms with Crippen molar-refractivity contribution in [3.05, 3.63) is 124 Å².